The van der Waals surface area contributed by atoms with Crippen LogP contribution in [0.15, 0.2) is 72.8 Å². The molecular formula is C32H27F3N2O5. The lowest BCUT2D eigenvalue weighted by atomic mass is 9.55. The molecule has 1 N–H and O–H groups in total. The van der Waals surface area contributed by atoms with E-state index < -0.39 is 65.8 Å². The normalized spacial score (nSPS) is 22.9. The lowest BCUT2D eigenvalue weighted by molar-refractivity contribution is -0.162. The van der Waals surface area contributed by atoms with E-state index in [0.29, 0.717) is 0 Å². The number of likely N-dealkylation sites (tertiary alicyclic amines) is 1. The Kier molecular flexibility index (Phi) is 6.67. The topological polar surface area (TPSA) is 92.8 Å². The fourth-order valence-corrected chi connectivity index (χ4v) is 6.84. The summed E-state index contributed by atoms with van der Waals surface area (Å²) < 4.78 is 44.3. The van der Waals surface area contributed by atoms with Gasteiger partial charge in [-0.05, 0) is 46.4 Å². The largest absolute Gasteiger partial charge is 0.454 e. The minimum Gasteiger partial charge on any atom is -0.454 e. The van der Waals surface area contributed by atoms with Gasteiger partial charge in [0.15, 0.2) is 6.61 Å². The minimum absolute atomic E-state index is 0.116. The van der Waals surface area contributed by atoms with E-state index in [2.05, 4.69) is 5.32 Å². The molecule has 7 nitrogen and oxygen atoms in total. The van der Waals surface area contributed by atoms with Gasteiger partial charge in [0.1, 0.15) is 6.04 Å². The second kappa shape index (κ2) is 10.1. The Morgan fingerprint density at radius 3 is 1.79 bits per heavy atom. The van der Waals surface area contributed by atoms with Crippen molar-refractivity contribution >= 4 is 29.4 Å². The molecule has 216 valence electrons. The molecule has 42 heavy (non-hydrogen) atoms. The van der Waals surface area contributed by atoms with Gasteiger partial charge >= 0.3 is 12.1 Å². The van der Waals surface area contributed by atoms with Crippen molar-refractivity contribution in [2.75, 3.05) is 11.9 Å². The van der Waals surface area contributed by atoms with Crippen LogP contribution in [0.2, 0.25) is 0 Å². The summed E-state index contributed by atoms with van der Waals surface area (Å²) >= 11 is 0. The highest BCUT2D eigenvalue weighted by Gasteiger charge is 2.63. The highest BCUT2D eigenvalue weighted by Crippen LogP contribution is 2.61. The van der Waals surface area contributed by atoms with Gasteiger partial charge in [-0.2, -0.15) is 13.2 Å². The monoisotopic (exact) mass is 576 g/mol. The molecule has 7 rings (SSSR count). The number of hydrogen-bond acceptors (Lipinski definition) is 5. The van der Waals surface area contributed by atoms with E-state index in [9.17, 15) is 32.3 Å². The molecule has 0 aromatic heterocycles. The molecule has 2 bridgehead atoms. The molecule has 3 amide bonds. The SMILES string of the molecule is CC(C)[C@H](C(=O)OCC(=O)Nc1cccc(C(F)(F)F)c1)N1C(=O)[C@@H]2C3c4ccccc4C(c4ccccc43)[C@H]2C1=O. The van der Waals surface area contributed by atoms with Crippen LogP contribution in [0, 0.1) is 17.8 Å². The van der Waals surface area contributed by atoms with Gasteiger partial charge in [0.2, 0.25) is 11.8 Å². The molecule has 0 radical (unpaired) electrons. The van der Waals surface area contributed by atoms with Crippen molar-refractivity contribution in [3.63, 3.8) is 0 Å². The third-order valence-corrected chi connectivity index (χ3v) is 8.45. The molecule has 0 unspecified atom stereocenters. The first kappa shape index (κ1) is 27.7. The standard InChI is InChI=1S/C32H27F3N2O5/c1-16(2)28(31(41)42-15-23(38)36-18-9-7-8-17(14-18)32(33,34)35)37-29(39)26-24-19-10-3-4-11-20(19)25(27(26)30(37)40)22-13-6-5-12-21(22)24/h3-14,16,24-28H,15H2,1-2H3,(H,36,38)/t24?,25?,26-,27-,28-/m1/s1. The number of carbonyl (C=O) groups excluding carboxylic acids is 4. The summed E-state index contributed by atoms with van der Waals surface area (Å²) in [5.41, 5.74) is 2.94. The first-order valence-corrected chi connectivity index (χ1v) is 13.7. The van der Waals surface area contributed by atoms with E-state index in [-0.39, 0.29) is 17.5 Å². The number of ether oxygens (including phenoxy) is 1. The first-order valence-electron chi connectivity index (χ1n) is 13.7. The van der Waals surface area contributed by atoms with Gasteiger partial charge in [-0.15, -0.1) is 0 Å². The van der Waals surface area contributed by atoms with E-state index >= 15 is 0 Å². The number of hydrogen-bond donors (Lipinski definition) is 1. The van der Waals surface area contributed by atoms with Crippen LogP contribution in [0.25, 0.3) is 0 Å². The zero-order valence-corrected chi connectivity index (χ0v) is 22.7. The van der Waals surface area contributed by atoms with Crippen molar-refractivity contribution in [2.24, 2.45) is 17.8 Å². The van der Waals surface area contributed by atoms with Crippen LogP contribution >= 0.6 is 0 Å². The Morgan fingerprint density at radius 1 is 0.833 bits per heavy atom. The average Bonchev–Trinajstić information content (AvgIpc) is 3.21. The molecule has 0 saturated carbocycles. The van der Waals surface area contributed by atoms with Crippen molar-refractivity contribution in [3.8, 4) is 0 Å². The molecule has 1 saturated heterocycles. The van der Waals surface area contributed by atoms with Gasteiger partial charge in [0.25, 0.3) is 5.91 Å². The van der Waals surface area contributed by atoms with Crippen LogP contribution in [0.4, 0.5) is 18.9 Å². The van der Waals surface area contributed by atoms with Gasteiger partial charge in [-0.3, -0.25) is 19.3 Å². The molecule has 1 fully saturated rings. The second-order valence-corrected chi connectivity index (χ2v) is 11.2. The van der Waals surface area contributed by atoms with Crippen LogP contribution in [-0.2, 0) is 30.1 Å². The molecule has 3 atom stereocenters. The molecule has 3 aliphatic carbocycles. The van der Waals surface area contributed by atoms with Gasteiger partial charge < -0.3 is 10.1 Å². The number of carbonyl (C=O) groups is 4. The number of rotatable bonds is 6. The number of esters is 1. The predicted molar refractivity (Wildman–Crippen MR) is 145 cm³/mol. The molecule has 3 aromatic carbocycles. The summed E-state index contributed by atoms with van der Waals surface area (Å²) in [5.74, 6) is -5.25. The van der Waals surface area contributed by atoms with E-state index in [4.69, 9.17) is 4.74 Å². The summed E-state index contributed by atoms with van der Waals surface area (Å²) in [5, 5.41) is 2.28. The van der Waals surface area contributed by atoms with Gasteiger partial charge in [-0.25, -0.2) is 4.79 Å². The van der Waals surface area contributed by atoms with Crippen molar-refractivity contribution in [1.82, 2.24) is 4.90 Å². The average molecular weight is 577 g/mol. The number of alkyl halides is 3. The molecular weight excluding hydrogens is 549 g/mol. The molecule has 4 aliphatic rings. The van der Waals surface area contributed by atoms with Crippen LogP contribution in [0.5, 0.6) is 0 Å². The minimum atomic E-state index is -4.59. The zero-order valence-electron chi connectivity index (χ0n) is 22.7. The summed E-state index contributed by atoms with van der Waals surface area (Å²) in [6.45, 7) is 2.55. The van der Waals surface area contributed by atoms with Gasteiger partial charge in [0.05, 0.1) is 17.4 Å². The number of halogens is 3. The maximum absolute atomic E-state index is 14.0. The summed E-state index contributed by atoms with van der Waals surface area (Å²) in [6.07, 6.45) is -4.59. The van der Waals surface area contributed by atoms with Crippen LogP contribution < -0.4 is 5.32 Å². The first-order chi connectivity index (χ1) is 20.0. The Morgan fingerprint density at radius 2 is 1.33 bits per heavy atom. The summed E-state index contributed by atoms with van der Waals surface area (Å²) in [4.78, 5) is 54.9. The van der Waals surface area contributed by atoms with Crippen LogP contribution in [0.1, 0.15) is 53.5 Å². The zero-order chi connectivity index (χ0) is 29.9. The van der Waals surface area contributed by atoms with Crippen LogP contribution in [0.3, 0.4) is 0 Å². The number of nitrogens with zero attached hydrogens (tertiary/aromatic N) is 1. The van der Waals surface area contributed by atoms with Crippen molar-refractivity contribution in [2.45, 2.75) is 37.9 Å². The van der Waals surface area contributed by atoms with Crippen molar-refractivity contribution < 1.29 is 37.1 Å². The summed E-state index contributed by atoms with van der Waals surface area (Å²) in [7, 11) is 0. The second-order valence-electron chi connectivity index (χ2n) is 11.2. The Hall–Kier alpha value is -4.47. The lowest BCUT2D eigenvalue weighted by Gasteiger charge is -2.45. The maximum atomic E-state index is 14.0. The van der Waals surface area contributed by atoms with Gasteiger partial charge in [-0.1, -0.05) is 68.4 Å². The third kappa shape index (κ3) is 4.36. The number of imide groups is 1. The molecule has 1 heterocycles. The van der Waals surface area contributed by atoms with E-state index in [1.54, 1.807) is 13.8 Å². The fraction of sp³-hybridized carbons (Fsp3) is 0.312. The quantitative estimate of drug-likeness (QED) is 0.326. The van der Waals surface area contributed by atoms with E-state index in [1.807, 2.05) is 48.5 Å². The molecule has 1 aliphatic heterocycles. The number of anilines is 1. The Labute approximate surface area is 239 Å². The highest BCUT2D eigenvalue weighted by atomic mass is 19.4. The Balaban J connectivity index is 1.23. The molecule has 3 aromatic rings. The number of benzene rings is 3. The van der Waals surface area contributed by atoms with Crippen LogP contribution in [-0.4, -0.2) is 41.2 Å². The third-order valence-electron chi connectivity index (χ3n) is 8.45. The molecule has 0 spiro atoms. The maximum Gasteiger partial charge on any atom is 0.416 e. The smallest absolute Gasteiger partial charge is 0.416 e. The fourth-order valence-electron chi connectivity index (χ4n) is 6.84. The van der Waals surface area contributed by atoms with Crippen molar-refractivity contribution in [3.05, 3.63) is 101 Å². The van der Waals surface area contributed by atoms with E-state index in [1.165, 1.54) is 6.07 Å². The Bertz CT molecular complexity index is 1500. The molecule has 10 heteroatoms. The predicted octanol–water partition coefficient (Wildman–Crippen LogP) is 5.10. The number of amides is 3. The van der Waals surface area contributed by atoms with Crippen molar-refractivity contribution in [1.29, 1.82) is 0 Å². The summed E-state index contributed by atoms with van der Waals surface area (Å²) in [6, 6.07) is 18.4. The van der Waals surface area contributed by atoms with Gasteiger partial charge in [0, 0.05) is 17.5 Å². The van der Waals surface area contributed by atoms with E-state index in [0.717, 1.165) is 45.4 Å². The highest BCUT2D eigenvalue weighted by molar-refractivity contribution is 6.10. The number of nitrogens with one attached hydrogen (secondary N) is 1. The lowest BCUT2D eigenvalue weighted by Crippen LogP contribution is -2.49.